The molecule has 0 amide bonds. The molecule has 0 saturated carbocycles. The van der Waals surface area contributed by atoms with Gasteiger partial charge in [-0.05, 0) is 0 Å². The number of hydrogen-bond acceptors (Lipinski definition) is 3. The molecule has 0 heterocycles. The van der Waals surface area contributed by atoms with E-state index in [0.29, 0.717) is 0 Å². The van der Waals surface area contributed by atoms with Crippen molar-refractivity contribution in [3.05, 3.63) is 48.5 Å². The van der Waals surface area contributed by atoms with E-state index in [2.05, 4.69) is 27.1 Å². The van der Waals surface area contributed by atoms with Crippen LogP contribution in [0.1, 0.15) is 0 Å². The van der Waals surface area contributed by atoms with Gasteiger partial charge in [0.2, 0.25) is 0 Å². The molecule has 16 heavy (non-hydrogen) atoms. The standard InChI is InChI=1S/C12H10AsN3/c13-9-1-5-11(6-2-9)15-16-12-7-3-10(14)4-8-12/h1-8H,14H2. The van der Waals surface area contributed by atoms with Crippen LogP contribution in [0.15, 0.2) is 58.8 Å². The molecule has 0 aliphatic carbocycles. The van der Waals surface area contributed by atoms with Gasteiger partial charge in [-0.15, -0.1) is 0 Å². The molecule has 4 heteroatoms. The number of nitrogen functional groups attached to an aromatic ring is 1. The van der Waals surface area contributed by atoms with Gasteiger partial charge in [0.25, 0.3) is 0 Å². The fraction of sp³-hybridized carbons (Fsp3) is 0. The van der Waals surface area contributed by atoms with E-state index in [0.717, 1.165) is 21.4 Å². The van der Waals surface area contributed by atoms with Crippen LogP contribution >= 0.6 is 0 Å². The molecule has 0 fully saturated rings. The summed E-state index contributed by atoms with van der Waals surface area (Å²) < 4.78 is 1.15. The summed E-state index contributed by atoms with van der Waals surface area (Å²) >= 11 is 2.48. The van der Waals surface area contributed by atoms with E-state index in [1.54, 1.807) is 12.1 Å². The van der Waals surface area contributed by atoms with E-state index in [9.17, 15) is 0 Å². The molecule has 2 aromatic rings. The molecule has 2 radical (unpaired) electrons. The van der Waals surface area contributed by atoms with Crippen molar-refractivity contribution in [1.29, 1.82) is 0 Å². The summed E-state index contributed by atoms with van der Waals surface area (Å²) in [5.74, 6) is 0. The normalized spacial score (nSPS) is 10.8. The Balaban J connectivity index is 2.15. The van der Waals surface area contributed by atoms with Gasteiger partial charge in [-0.1, -0.05) is 0 Å². The Morgan fingerprint density at radius 2 is 1.19 bits per heavy atom. The number of rotatable bonds is 2. The summed E-state index contributed by atoms with van der Waals surface area (Å²) in [6.45, 7) is 0. The Bertz CT molecular complexity index is 441. The maximum absolute atomic E-state index is 5.58. The second kappa shape index (κ2) is 4.95. The Hall–Kier alpha value is -1.60. The van der Waals surface area contributed by atoms with Crippen LogP contribution in [-0.4, -0.2) is 16.9 Å². The zero-order chi connectivity index (χ0) is 11.4. The van der Waals surface area contributed by atoms with E-state index >= 15 is 0 Å². The van der Waals surface area contributed by atoms with Crippen LogP contribution in [0.2, 0.25) is 0 Å². The number of anilines is 1. The van der Waals surface area contributed by atoms with Crippen molar-refractivity contribution in [3.63, 3.8) is 0 Å². The Labute approximate surface area is 103 Å². The van der Waals surface area contributed by atoms with Gasteiger partial charge in [0.1, 0.15) is 0 Å². The molecular weight excluding hydrogens is 261 g/mol. The van der Waals surface area contributed by atoms with Crippen molar-refractivity contribution in [2.45, 2.75) is 0 Å². The minimum absolute atomic E-state index is 0.729. The summed E-state index contributed by atoms with van der Waals surface area (Å²) in [6.07, 6.45) is 0. The van der Waals surface area contributed by atoms with Crippen LogP contribution in [0.3, 0.4) is 0 Å². The first-order valence-corrected chi connectivity index (χ1v) is 5.74. The minimum atomic E-state index is 0.729. The zero-order valence-electron chi connectivity index (χ0n) is 8.54. The van der Waals surface area contributed by atoms with E-state index in [1.165, 1.54) is 0 Å². The molecule has 0 aromatic heterocycles. The van der Waals surface area contributed by atoms with Gasteiger partial charge in [0.15, 0.2) is 0 Å². The fourth-order valence-corrected chi connectivity index (χ4v) is 1.49. The van der Waals surface area contributed by atoms with Crippen LogP contribution in [0.25, 0.3) is 0 Å². The maximum atomic E-state index is 5.58. The second-order valence-electron chi connectivity index (χ2n) is 3.31. The SMILES string of the molecule is Nc1ccc(N=Nc2ccc([As])cc2)cc1. The van der Waals surface area contributed by atoms with Crippen molar-refractivity contribution >= 4 is 38.3 Å². The number of nitrogens with zero attached hydrogens (tertiary/aromatic N) is 2. The number of azo groups is 1. The predicted octanol–water partition coefficient (Wildman–Crippen LogP) is 2.48. The van der Waals surface area contributed by atoms with Crippen molar-refractivity contribution < 1.29 is 0 Å². The van der Waals surface area contributed by atoms with Crippen LogP contribution in [-0.2, 0) is 0 Å². The number of nitrogens with two attached hydrogens (primary N) is 1. The van der Waals surface area contributed by atoms with Gasteiger partial charge in [-0.2, -0.15) is 0 Å². The first-order valence-electron chi connectivity index (χ1n) is 4.80. The summed E-state index contributed by atoms with van der Waals surface area (Å²) in [4.78, 5) is 0. The first kappa shape index (κ1) is 10.9. The topological polar surface area (TPSA) is 50.7 Å². The van der Waals surface area contributed by atoms with Crippen molar-refractivity contribution in [1.82, 2.24) is 0 Å². The molecule has 0 saturated heterocycles. The molecule has 0 bridgehead atoms. The molecule has 0 aliphatic rings. The molecule has 2 N–H and O–H groups in total. The molecule has 0 atom stereocenters. The van der Waals surface area contributed by atoms with Gasteiger partial charge in [-0.25, -0.2) is 0 Å². The van der Waals surface area contributed by atoms with Gasteiger partial charge in [0, 0.05) is 0 Å². The average molecular weight is 271 g/mol. The van der Waals surface area contributed by atoms with Gasteiger partial charge < -0.3 is 0 Å². The zero-order valence-corrected chi connectivity index (χ0v) is 10.4. The summed E-state index contributed by atoms with van der Waals surface area (Å²) in [7, 11) is 0. The predicted molar refractivity (Wildman–Crippen MR) is 66.9 cm³/mol. The Morgan fingerprint density at radius 3 is 1.69 bits per heavy atom. The number of hydrogen-bond donors (Lipinski definition) is 1. The Kier molecular flexibility index (Phi) is 3.37. The first-order chi connectivity index (χ1) is 7.74. The Morgan fingerprint density at radius 1 is 0.750 bits per heavy atom. The van der Waals surface area contributed by atoms with Gasteiger partial charge in [0.05, 0.1) is 0 Å². The average Bonchev–Trinajstić information content (AvgIpc) is 2.30. The number of benzene rings is 2. The van der Waals surface area contributed by atoms with Gasteiger partial charge >= 0.3 is 103 Å². The fourth-order valence-electron chi connectivity index (χ4n) is 1.18. The van der Waals surface area contributed by atoms with Crippen LogP contribution in [0, 0.1) is 0 Å². The van der Waals surface area contributed by atoms with Crippen LogP contribution < -0.4 is 10.1 Å². The summed E-state index contributed by atoms with van der Waals surface area (Å²) in [5.41, 5.74) is 7.94. The third kappa shape index (κ3) is 2.94. The van der Waals surface area contributed by atoms with E-state index in [4.69, 9.17) is 5.73 Å². The monoisotopic (exact) mass is 271 g/mol. The summed E-state index contributed by atoms with van der Waals surface area (Å²) in [6, 6.07) is 15.1. The molecule has 0 unspecified atom stereocenters. The molecule has 2 aromatic carbocycles. The van der Waals surface area contributed by atoms with Crippen molar-refractivity contribution in [3.8, 4) is 0 Å². The molecule has 3 nitrogen and oxygen atoms in total. The quantitative estimate of drug-likeness (QED) is 0.509. The van der Waals surface area contributed by atoms with Crippen LogP contribution in [0.5, 0.6) is 0 Å². The van der Waals surface area contributed by atoms with Gasteiger partial charge in [-0.3, -0.25) is 0 Å². The summed E-state index contributed by atoms with van der Waals surface area (Å²) in [5, 5.41) is 8.24. The molecule has 78 valence electrons. The van der Waals surface area contributed by atoms with Crippen molar-refractivity contribution in [2.75, 3.05) is 5.73 Å². The molecule has 0 aliphatic heterocycles. The third-order valence-corrected chi connectivity index (χ3v) is 2.65. The molecular formula is C12H10AsN3. The second-order valence-corrected chi connectivity index (χ2v) is 4.39. The molecule has 0 spiro atoms. The van der Waals surface area contributed by atoms with E-state index in [1.807, 2.05) is 36.4 Å². The van der Waals surface area contributed by atoms with Crippen LogP contribution in [0.4, 0.5) is 17.1 Å². The van der Waals surface area contributed by atoms with E-state index < -0.39 is 0 Å². The third-order valence-electron chi connectivity index (χ3n) is 2.02. The molecule has 2 rings (SSSR count). The van der Waals surface area contributed by atoms with Crippen molar-refractivity contribution in [2.24, 2.45) is 10.2 Å². The van der Waals surface area contributed by atoms with E-state index in [-0.39, 0.29) is 0 Å².